The first-order valence-corrected chi connectivity index (χ1v) is 9.03. The topological polar surface area (TPSA) is 60.0 Å². The standard InChI is InChI=1S/C18H25F4N5O/c1-13(18(20,21)22)26-9-11-27(12-10-26)17(23-2)25-8-7-24-16(28)14-5-3-4-6-15(14)19/h3-6,13H,7-12H2,1-2H3,(H,23,25)(H,24,28). The summed E-state index contributed by atoms with van der Waals surface area (Å²) in [6.07, 6.45) is -4.24. The smallest absolute Gasteiger partial charge is 0.354 e. The zero-order valence-corrected chi connectivity index (χ0v) is 15.9. The van der Waals surface area contributed by atoms with E-state index in [0.717, 1.165) is 0 Å². The Labute approximate surface area is 161 Å². The molecule has 1 saturated heterocycles. The van der Waals surface area contributed by atoms with Crippen LogP contribution < -0.4 is 10.6 Å². The highest BCUT2D eigenvalue weighted by Crippen LogP contribution is 2.25. The molecule has 1 atom stereocenters. The lowest BCUT2D eigenvalue weighted by molar-refractivity contribution is -0.181. The molecule has 0 aromatic heterocycles. The second-order valence-electron chi connectivity index (χ2n) is 6.45. The van der Waals surface area contributed by atoms with Gasteiger partial charge in [-0.15, -0.1) is 0 Å². The van der Waals surface area contributed by atoms with Gasteiger partial charge < -0.3 is 15.5 Å². The quantitative estimate of drug-likeness (QED) is 0.340. The minimum absolute atomic E-state index is 0.0261. The fraction of sp³-hybridized carbons (Fsp3) is 0.556. The van der Waals surface area contributed by atoms with Crippen LogP contribution in [-0.2, 0) is 0 Å². The number of nitrogens with one attached hydrogen (secondary N) is 2. The van der Waals surface area contributed by atoms with Gasteiger partial charge in [-0.2, -0.15) is 13.2 Å². The number of piperazine rings is 1. The van der Waals surface area contributed by atoms with Crippen molar-refractivity contribution in [3.63, 3.8) is 0 Å². The predicted octanol–water partition coefficient (Wildman–Crippen LogP) is 1.70. The third-order valence-corrected chi connectivity index (χ3v) is 4.66. The SMILES string of the molecule is CN=C(NCCNC(=O)c1ccccc1F)N1CCN(C(C)C(F)(F)F)CC1. The van der Waals surface area contributed by atoms with Gasteiger partial charge in [-0.1, -0.05) is 12.1 Å². The van der Waals surface area contributed by atoms with E-state index in [9.17, 15) is 22.4 Å². The summed E-state index contributed by atoms with van der Waals surface area (Å²) < 4.78 is 52.0. The molecule has 0 bridgehead atoms. The van der Waals surface area contributed by atoms with Crippen molar-refractivity contribution in [1.29, 1.82) is 0 Å². The van der Waals surface area contributed by atoms with Crippen LogP contribution in [0.4, 0.5) is 17.6 Å². The molecule has 0 aliphatic carbocycles. The Morgan fingerprint density at radius 1 is 1.14 bits per heavy atom. The molecule has 0 saturated carbocycles. The van der Waals surface area contributed by atoms with Crippen LogP contribution in [0.15, 0.2) is 29.3 Å². The molecule has 0 spiro atoms. The first kappa shape index (κ1) is 21.9. The van der Waals surface area contributed by atoms with Gasteiger partial charge in [0.2, 0.25) is 0 Å². The fourth-order valence-corrected chi connectivity index (χ4v) is 2.95. The number of hydrogen-bond acceptors (Lipinski definition) is 3. The molecule has 1 aromatic rings. The van der Waals surface area contributed by atoms with Crippen LogP contribution in [0.3, 0.4) is 0 Å². The Bertz CT molecular complexity index is 687. The predicted molar refractivity (Wildman–Crippen MR) is 98.8 cm³/mol. The number of alkyl halides is 3. The molecule has 1 unspecified atom stereocenters. The molecule has 6 nitrogen and oxygen atoms in total. The third-order valence-electron chi connectivity index (χ3n) is 4.66. The summed E-state index contributed by atoms with van der Waals surface area (Å²) in [4.78, 5) is 19.4. The zero-order valence-electron chi connectivity index (χ0n) is 15.9. The molecule has 0 radical (unpaired) electrons. The maximum atomic E-state index is 13.6. The number of amides is 1. The van der Waals surface area contributed by atoms with Gasteiger partial charge in [0, 0.05) is 46.3 Å². The van der Waals surface area contributed by atoms with Crippen molar-refractivity contribution in [2.45, 2.75) is 19.1 Å². The average Bonchev–Trinajstić information content (AvgIpc) is 2.67. The highest BCUT2D eigenvalue weighted by Gasteiger charge is 2.41. The Hall–Kier alpha value is -2.36. The second kappa shape index (κ2) is 9.72. The lowest BCUT2D eigenvalue weighted by Gasteiger charge is -2.39. The lowest BCUT2D eigenvalue weighted by Crippen LogP contribution is -2.57. The number of carbonyl (C=O) groups is 1. The van der Waals surface area contributed by atoms with Gasteiger partial charge in [0.05, 0.1) is 5.56 Å². The van der Waals surface area contributed by atoms with Crippen LogP contribution in [0.5, 0.6) is 0 Å². The Morgan fingerprint density at radius 2 is 1.75 bits per heavy atom. The van der Waals surface area contributed by atoms with Crippen LogP contribution in [0.1, 0.15) is 17.3 Å². The van der Waals surface area contributed by atoms with E-state index in [-0.39, 0.29) is 25.2 Å². The van der Waals surface area contributed by atoms with Gasteiger partial charge in [0.25, 0.3) is 5.91 Å². The molecule has 1 aliphatic rings. The molecule has 1 amide bonds. The normalized spacial score (nSPS) is 17.4. The molecule has 2 rings (SSSR count). The zero-order chi connectivity index (χ0) is 20.7. The van der Waals surface area contributed by atoms with E-state index < -0.39 is 23.9 Å². The first-order chi connectivity index (χ1) is 13.2. The summed E-state index contributed by atoms with van der Waals surface area (Å²) >= 11 is 0. The monoisotopic (exact) mass is 403 g/mol. The second-order valence-corrected chi connectivity index (χ2v) is 6.45. The maximum Gasteiger partial charge on any atom is 0.403 e. The molecule has 28 heavy (non-hydrogen) atoms. The Morgan fingerprint density at radius 3 is 2.32 bits per heavy atom. The van der Waals surface area contributed by atoms with Gasteiger partial charge in [0.15, 0.2) is 5.96 Å². The maximum absolute atomic E-state index is 13.6. The molecule has 1 fully saturated rings. The summed E-state index contributed by atoms with van der Waals surface area (Å²) in [5.74, 6) is -0.543. The van der Waals surface area contributed by atoms with Crippen molar-refractivity contribution in [3.05, 3.63) is 35.6 Å². The lowest BCUT2D eigenvalue weighted by atomic mass is 10.2. The van der Waals surface area contributed by atoms with Crippen molar-refractivity contribution in [2.24, 2.45) is 4.99 Å². The van der Waals surface area contributed by atoms with E-state index in [1.807, 2.05) is 4.90 Å². The van der Waals surface area contributed by atoms with Crippen molar-refractivity contribution < 1.29 is 22.4 Å². The van der Waals surface area contributed by atoms with E-state index in [1.54, 1.807) is 13.1 Å². The van der Waals surface area contributed by atoms with Gasteiger partial charge in [0.1, 0.15) is 11.9 Å². The van der Waals surface area contributed by atoms with Crippen LogP contribution >= 0.6 is 0 Å². The molecular weight excluding hydrogens is 378 g/mol. The number of guanidine groups is 1. The third kappa shape index (κ3) is 5.82. The van der Waals surface area contributed by atoms with Crippen molar-refractivity contribution in [1.82, 2.24) is 20.4 Å². The summed E-state index contributed by atoms with van der Waals surface area (Å²) in [6.45, 7) is 3.17. The van der Waals surface area contributed by atoms with Crippen molar-refractivity contribution in [2.75, 3.05) is 46.3 Å². The highest BCUT2D eigenvalue weighted by molar-refractivity contribution is 5.94. The van der Waals surface area contributed by atoms with Crippen LogP contribution in [0.2, 0.25) is 0 Å². The van der Waals surface area contributed by atoms with Crippen LogP contribution in [0, 0.1) is 5.82 Å². The summed E-state index contributed by atoms with van der Waals surface area (Å²) in [5, 5.41) is 5.67. The number of nitrogens with zero attached hydrogens (tertiary/aromatic N) is 3. The number of rotatable bonds is 5. The van der Waals surface area contributed by atoms with Gasteiger partial charge in [-0.25, -0.2) is 4.39 Å². The van der Waals surface area contributed by atoms with E-state index in [0.29, 0.717) is 25.6 Å². The Kier molecular flexibility index (Phi) is 7.61. The summed E-state index contributed by atoms with van der Waals surface area (Å²) in [7, 11) is 1.59. The van der Waals surface area contributed by atoms with Crippen LogP contribution in [-0.4, -0.2) is 80.2 Å². The average molecular weight is 403 g/mol. The number of carbonyl (C=O) groups excluding carboxylic acids is 1. The molecule has 156 valence electrons. The van der Waals surface area contributed by atoms with E-state index in [1.165, 1.54) is 30.0 Å². The summed E-state index contributed by atoms with van der Waals surface area (Å²) in [6, 6.07) is 4.23. The largest absolute Gasteiger partial charge is 0.403 e. The molecular formula is C18H25F4N5O. The van der Waals surface area contributed by atoms with Crippen molar-refractivity contribution >= 4 is 11.9 Å². The number of halogens is 4. The fourth-order valence-electron chi connectivity index (χ4n) is 2.95. The summed E-state index contributed by atoms with van der Waals surface area (Å²) in [5.41, 5.74) is -0.0261. The van der Waals surface area contributed by atoms with Gasteiger partial charge in [-0.05, 0) is 19.1 Å². The van der Waals surface area contributed by atoms with E-state index in [4.69, 9.17) is 0 Å². The van der Waals surface area contributed by atoms with Crippen molar-refractivity contribution in [3.8, 4) is 0 Å². The molecule has 2 N–H and O–H groups in total. The Balaban J connectivity index is 1.75. The first-order valence-electron chi connectivity index (χ1n) is 9.03. The highest BCUT2D eigenvalue weighted by atomic mass is 19.4. The molecule has 1 aliphatic heterocycles. The van der Waals surface area contributed by atoms with Gasteiger partial charge >= 0.3 is 6.18 Å². The van der Waals surface area contributed by atoms with Gasteiger partial charge in [-0.3, -0.25) is 14.7 Å². The van der Waals surface area contributed by atoms with E-state index >= 15 is 0 Å². The molecule has 1 heterocycles. The molecule has 10 heteroatoms. The number of benzene rings is 1. The minimum Gasteiger partial charge on any atom is -0.354 e. The minimum atomic E-state index is -4.24. The van der Waals surface area contributed by atoms with Crippen LogP contribution in [0.25, 0.3) is 0 Å². The van der Waals surface area contributed by atoms with E-state index in [2.05, 4.69) is 15.6 Å². The molecule has 1 aromatic carbocycles. The number of hydrogen-bond donors (Lipinski definition) is 2. The number of aliphatic imine (C=N–C) groups is 1.